The summed E-state index contributed by atoms with van der Waals surface area (Å²) >= 11 is 11.9. The van der Waals surface area contributed by atoms with Crippen LogP contribution in [0.5, 0.6) is 0 Å². The fourth-order valence-electron chi connectivity index (χ4n) is 2.46. The average Bonchev–Trinajstić information content (AvgIpc) is 2.83. The first-order valence-corrected chi connectivity index (χ1v) is 7.37. The Morgan fingerprint density at radius 3 is 2.61 bits per heavy atom. The molecule has 0 aliphatic heterocycles. The van der Waals surface area contributed by atoms with Crippen molar-refractivity contribution in [3.8, 4) is 0 Å². The highest BCUT2D eigenvalue weighted by Gasteiger charge is 2.32. The molecule has 0 spiro atoms. The largest absolute Gasteiger partial charge is 0.416 e. The average molecular weight is 360 g/mol. The highest BCUT2D eigenvalue weighted by Crippen LogP contribution is 2.33. The third-order valence-electron chi connectivity index (χ3n) is 3.60. The molecule has 2 aromatic heterocycles. The zero-order valence-electron chi connectivity index (χ0n) is 11.8. The van der Waals surface area contributed by atoms with Gasteiger partial charge in [-0.25, -0.2) is 9.50 Å². The third-order valence-corrected chi connectivity index (χ3v) is 4.07. The molecule has 0 fully saturated rings. The first-order valence-electron chi connectivity index (χ1n) is 6.61. The molecule has 0 radical (unpaired) electrons. The normalized spacial score (nSPS) is 12.1. The van der Waals surface area contributed by atoms with Gasteiger partial charge in [0, 0.05) is 18.1 Å². The van der Waals surface area contributed by atoms with E-state index in [0.29, 0.717) is 16.8 Å². The second-order valence-electron chi connectivity index (χ2n) is 5.07. The third kappa shape index (κ3) is 3.01. The Kier molecular flexibility index (Phi) is 3.98. The monoisotopic (exact) mass is 359 g/mol. The summed E-state index contributed by atoms with van der Waals surface area (Å²) in [6.45, 7) is 1.46. The van der Waals surface area contributed by atoms with E-state index in [0.717, 1.165) is 6.07 Å². The minimum Gasteiger partial charge on any atom is -0.216 e. The topological polar surface area (TPSA) is 30.2 Å². The number of fused-ring (bicyclic) bond motifs is 1. The first kappa shape index (κ1) is 16.1. The van der Waals surface area contributed by atoms with E-state index in [-0.39, 0.29) is 22.3 Å². The number of aromatic nitrogens is 3. The van der Waals surface area contributed by atoms with Gasteiger partial charge in [-0.2, -0.15) is 18.3 Å². The lowest BCUT2D eigenvalue weighted by Crippen LogP contribution is -2.09. The summed E-state index contributed by atoms with van der Waals surface area (Å²) in [7, 11) is 0. The van der Waals surface area contributed by atoms with Gasteiger partial charge in [0.05, 0.1) is 11.8 Å². The van der Waals surface area contributed by atoms with Crippen molar-refractivity contribution >= 4 is 28.8 Å². The molecule has 0 saturated carbocycles. The maximum Gasteiger partial charge on any atom is 0.416 e. The zero-order chi connectivity index (χ0) is 16.8. The number of alkyl halides is 3. The van der Waals surface area contributed by atoms with Gasteiger partial charge in [-0.05, 0) is 24.1 Å². The van der Waals surface area contributed by atoms with Crippen LogP contribution >= 0.6 is 23.2 Å². The number of hydrogen-bond donors (Lipinski definition) is 0. The fourth-order valence-corrected chi connectivity index (χ4v) is 2.92. The maximum atomic E-state index is 13.0. The molecule has 2 heterocycles. The molecule has 0 N–H and O–H groups in total. The standard InChI is InChI=1S/C15H10Cl2F3N3/c1-8-9(3-2-4-11(8)15(18,19)20)5-10-7-21-23-13(17)6-12(16)22-14(10)23/h2-4,6-7H,5H2,1H3. The van der Waals surface area contributed by atoms with Crippen LogP contribution < -0.4 is 0 Å². The Morgan fingerprint density at radius 2 is 1.91 bits per heavy atom. The Hall–Kier alpha value is -1.79. The van der Waals surface area contributed by atoms with Gasteiger partial charge in [0.15, 0.2) is 5.65 Å². The van der Waals surface area contributed by atoms with Crippen molar-refractivity contribution in [2.24, 2.45) is 0 Å². The summed E-state index contributed by atoms with van der Waals surface area (Å²) in [6, 6.07) is 5.56. The second kappa shape index (κ2) is 5.69. The zero-order valence-corrected chi connectivity index (χ0v) is 13.3. The van der Waals surface area contributed by atoms with Crippen LogP contribution in [0.1, 0.15) is 22.3 Å². The van der Waals surface area contributed by atoms with Gasteiger partial charge in [0.1, 0.15) is 10.3 Å². The van der Waals surface area contributed by atoms with E-state index in [4.69, 9.17) is 23.2 Å². The summed E-state index contributed by atoms with van der Waals surface area (Å²) in [5.41, 5.74) is 1.17. The molecule has 3 aromatic rings. The predicted octanol–water partition coefficient (Wildman–Crippen LogP) is 4.95. The van der Waals surface area contributed by atoms with Crippen molar-refractivity contribution < 1.29 is 13.2 Å². The Labute approximate surface area is 139 Å². The molecule has 23 heavy (non-hydrogen) atoms. The lowest BCUT2D eigenvalue weighted by atomic mass is 9.97. The minimum absolute atomic E-state index is 0.187. The van der Waals surface area contributed by atoms with Gasteiger partial charge in [0.2, 0.25) is 0 Å². The van der Waals surface area contributed by atoms with Gasteiger partial charge in [-0.15, -0.1) is 0 Å². The molecule has 1 aromatic carbocycles. The quantitative estimate of drug-likeness (QED) is 0.605. The summed E-state index contributed by atoms with van der Waals surface area (Å²) in [5.74, 6) is 0. The van der Waals surface area contributed by atoms with Crippen molar-refractivity contribution in [3.05, 3.63) is 63.0 Å². The van der Waals surface area contributed by atoms with Crippen LogP contribution in [0, 0.1) is 6.92 Å². The highest BCUT2D eigenvalue weighted by molar-refractivity contribution is 6.33. The van der Waals surface area contributed by atoms with Crippen LogP contribution in [0.15, 0.2) is 30.5 Å². The Morgan fingerprint density at radius 1 is 1.17 bits per heavy atom. The van der Waals surface area contributed by atoms with Crippen LogP contribution in [-0.4, -0.2) is 14.6 Å². The number of hydrogen-bond acceptors (Lipinski definition) is 2. The van der Waals surface area contributed by atoms with Gasteiger partial charge < -0.3 is 0 Å². The summed E-state index contributed by atoms with van der Waals surface area (Å²) < 4.78 is 40.4. The van der Waals surface area contributed by atoms with Crippen LogP contribution in [0.25, 0.3) is 5.65 Å². The van der Waals surface area contributed by atoms with Crippen molar-refractivity contribution in [1.82, 2.24) is 14.6 Å². The molecule has 0 saturated heterocycles. The number of benzene rings is 1. The Balaban J connectivity index is 2.07. The predicted molar refractivity (Wildman–Crippen MR) is 82.0 cm³/mol. The smallest absolute Gasteiger partial charge is 0.216 e. The molecular weight excluding hydrogens is 350 g/mol. The van der Waals surface area contributed by atoms with E-state index >= 15 is 0 Å². The highest BCUT2D eigenvalue weighted by atomic mass is 35.5. The van der Waals surface area contributed by atoms with Gasteiger partial charge in [0.25, 0.3) is 0 Å². The fraction of sp³-hybridized carbons (Fsp3) is 0.200. The van der Waals surface area contributed by atoms with E-state index in [1.807, 2.05) is 0 Å². The second-order valence-corrected chi connectivity index (χ2v) is 5.85. The lowest BCUT2D eigenvalue weighted by molar-refractivity contribution is -0.138. The molecule has 0 aliphatic carbocycles. The molecule has 0 bridgehead atoms. The van der Waals surface area contributed by atoms with Crippen LogP contribution in [0.3, 0.4) is 0 Å². The number of halogens is 5. The summed E-state index contributed by atoms with van der Waals surface area (Å²) in [5, 5.41) is 4.58. The van der Waals surface area contributed by atoms with E-state index in [1.165, 1.54) is 29.8 Å². The summed E-state index contributed by atoms with van der Waals surface area (Å²) in [6.07, 6.45) is -2.60. The SMILES string of the molecule is Cc1c(Cc2cnn3c(Cl)cc(Cl)nc23)cccc1C(F)(F)F. The van der Waals surface area contributed by atoms with E-state index in [1.54, 1.807) is 6.07 Å². The molecule has 0 aliphatic rings. The molecular formula is C15H10Cl2F3N3. The minimum atomic E-state index is -4.38. The van der Waals surface area contributed by atoms with Gasteiger partial charge in [-0.1, -0.05) is 35.3 Å². The molecule has 3 rings (SSSR count). The number of nitrogens with zero attached hydrogens (tertiary/aromatic N) is 3. The van der Waals surface area contributed by atoms with Crippen molar-refractivity contribution in [2.75, 3.05) is 0 Å². The molecule has 3 nitrogen and oxygen atoms in total. The summed E-state index contributed by atoms with van der Waals surface area (Å²) in [4.78, 5) is 4.15. The van der Waals surface area contributed by atoms with E-state index < -0.39 is 11.7 Å². The van der Waals surface area contributed by atoms with Crippen molar-refractivity contribution in [3.63, 3.8) is 0 Å². The van der Waals surface area contributed by atoms with Crippen LogP contribution in [0.4, 0.5) is 13.2 Å². The van der Waals surface area contributed by atoms with E-state index in [9.17, 15) is 13.2 Å². The van der Waals surface area contributed by atoms with Crippen LogP contribution in [0.2, 0.25) is 10.3 Å². The molecule has 0 unspecified atom stereocenters. The van der Waals surface area contributed by atoms with Gasteiger partial charge in [-0.3, -0.25) is 0 Å². The molecule has 0 atom stereocenters. The van der Waals surface area contributed by atoms with Gasteiger partial charge >= 0.3 is 6.18 Å². The Bertz CT molecular complexity index is 888. The molecule has 0 amide bonds. The maximum absolute atomic E-state index is 13.0. The van der Waals surface area contributed by atoms with Crippen molar-refractivity contribution in [1.29, 1.82) is 0 Å². The first-order chi connectivity index (χ1) is 10.8. The lowest BCUT2D eigenvalue weighted by Gasteiger charge is -2.13. The molecule has 120 valence electrons. The van der Waals surface area contributed by atoms with Crippen molar-refractivity contribution in [2.45, 2.75) is 19.5 Å². The van der Waals surface area contributed by atoms with Crippen LogP contribution in [-0.2, 0) is 12.6 Å². The molecule has 8 heteroatoms. The van der Waals surface area contributed by atoms with E-state index in [2.05, 4.69) is 10.1 Å². The number of rotatable bonds is 2.